The number of aromatic amines is 1. The molecule has 0 bridgehead atoms. The van der Waals surface area contributed by atoms with Gasteiger partial charge < -0.3 is 10.3 Å². The average molecular weight is 496 g/mol. The van der Waals surface area contributed by atoms with Gasteiger partial charge in [-0.05, 0) is 67.3 Å². The van der Waals surface area contributed by atoms with Gasteiger partial charge in [-0.3, -0.25) is 9.48 Å². The number of nitrogens with zero attached hydrogens (tertiary/aromatic N) is 3. The minimum atomic E-state index is -3.45. The van der Waals surface area contributed by atoms with Gasteiger partial charge in [-0.15, -0.1) is 0 Å². The number of pyridine rings is 1. The summed E-state index contributed by atoms with van der Waals surface area (Å²) < 4.78 is 29.9. The van der Waals surface area contributed by atoms with Crippen molar-refractivity contribution in [2.45, 2.75) is 75.8 Å². The van der Waals surface area contributed by atoms with E-state index in [2.05, 4.69) is 17.2 Å². The number of aromatic nitrogens is 3. The van der Waals surface area contributed by atoms with E-state index in [-0.39, 0.29) is 11.6 Å². The zero-order valence-corrected chi connectivity index (χ0v) is 21.0. The maximum atomic E-state index is 13.1. The molecule has 35 heavy (non-hydrogen) atoms. The molecule has 2 N–H and O–H groups in total. The largest absolute Gasteiger partial charge is 0.338 e. The molecule has 2 aliphatic carbocycles. The zero-order valence-electron chi connectivity index (χ0n) is 20.2. The second-order valence-corrected chi connectivity index (χ2v) is 12.5. The Bertz CT molecular complexity index is 1420. The Balaban J connectivity index is 1.32. The first-order chi connectivity index (χ1) is 16.9. The van der Waals surface area contributed by atoms with Crippen LogP contribution < -0.4 is 10.9 Å². The first-order valence-electron chi connectivity index (χ1n) is 12.9. The van der Waals surface area contributed by atoms with Gasteiger partial charge >= 0.3 is 0 Å². The van der Waals surface area contributed by atoms with Crippen molar-refractivity contribution < 1.29 is 8.42 Å². The molecule has 2 fully saturated rings. The average Bonchev–Trinajstić information content (AvgIpc) is 3.53. The number of hydrogen-bond acceptors (Lipinski definition) is 5. The lowest BCUT2D eigenvalue weighted by Crippen LogP contribution is -2.29. The first kappa shape index (κ1) is 22.8. The van der Waals surface area contributed by atoms with Crippen molar-refractivity contribution in [1.29, 1.82) is 0 Å². The predicted octanol–water partition coefficient (Wildman–Crippen LogP) is 4.91. The highest BCUT2D eigenvalue weighted by Gasteiger charge is 2.36. The molecule has 0 saturated heterocycles. The standard InChI is InChI=1S/C26H33N5O3S/c1-17-6-2-5-9-21(17)31-22-12-13-27-26(32)24(22)25(29-31)28-20-10-11-23-19(14-20)16-30(35(23,33)34)15-18-7-3-4-8-18/h10-14,17-18,21H,2-9,15-16H2,1H3,(H,27,32)(H,28,29)/t17-,21-/m0/s1. The molecule has 186 valence electrons. The van der Waals surface area contributed by atoms with Gasteiger partial charge in [-0.2, -0.15) is 9.40 Å². The molecule has 0 amide bonds. The maximum absolute atomic E-state index is 13.1. The highest BCUT2D eigenvalue weighted by atomic mass is 32.2. The number of nitrogens with one attached hydrogen (secondary N) is 2. The molecular weight excluding hydrogens is 462 g/mol. The van der Waals surface area contributed by atoms with E-state index in [9.17, 15) is 13.2 Å². The van der Waals surface area contributed by atoms with Crippen molar-refractivity contribution in [3.8, 4) is 0 Å². The summed E-state index contributed by atoms with van der Waals surface area (Å²) in [5, 5.41) is 8.77. The van der Waals surface area contributed by atoms with Crippen molar-refractivity contribution >= 4 is 32.4 Å². The molecule has 2 atom stereocenters. The van der Waals surface area contributed by atoms with Crippen molar-refractivity contribution in [2.24, 2.45) is 11.8 Å². The van der Waals surface area contributed by atoms with Gasteiger partial charge in [-0.1, -0.05) is 32.6 Å². The summed E-state index contributed by atoms with van der Waals surface area (Å²) >= 11 is 0. The fraction of sp³-hybridized carbons (Fsp3) is 0.538. The van der Waals surface area contributed by atoms with E-state index in [1.165, 1.54) is 25.7 Å². The van der Waals surface area contributed by atoms with Crippen LogP contribution in [0.15, 0.2) is 40.2 Å². The van der Waals surface area contributed by atoms with Gasteiger partial charge in [-0.25, -0.2) is 8.42 Å². The minimum absolute atomic E-state index is 0.175. The normalized spacial score (nSPS) is 24.7. The van der Waals surface area contributed by atoms with Crippen molar-refractivity contribution in [1.82, 2.24) is 19.1 Å². The molecule has 0 unspecified atom stereocenters. The van der Waals surface area contributed by atoms with E-state index < -0.39 is 10.0 Å². The number of benzene rings is 1. The Morgan fingerprint density at radius 3 is 2.66 bits per heavy atom. The Morgan fingerprint density at radius 1 is 1.09 bits per heavy atom. The lowest BCUT2D eigenvalue weighted by atomic mass is 9.86. The Morgan fingerprint density at radius 2 is 1.86 bits per heavy atom. The Hall–Kier alpha value is -2.65. The number of anilines is 2. The zero-order chi connectivity index (χ0) is 24.2. The van der Waals surface area contributed by atoms with Crippen molar-refractivity contribution in [2.75, 3.05) is 11.9 Å². The van der Waals surface area contributed by atoms with Gasteiger partial charge in [0.05, 0.1) is 16.5 Å². The highest BCUT2D eigenvalue weighted by Crippen LogP contribution is 2.38. The van der Waals surface area contributed by atoms with Crippen LogP contribution in [0.4, 0.5) is 11.5 Å². The van der Waals surface area contributed by atoms with Crippen LogP contribution in [-0.2, 0) is 16.6 Å². The van der Waals surface area contributed by atoms with Crippen LogP contribution in [0.1, 0.15) is 69.9 Å². The summed E-state index contributed by atoms with van der Waals surface area (Å²) in [4.78, 5) is 16.0. The van der Waals surface area contributed by atoms with Crippen LogP contribution >= 0.6 is 0 Å². The van der Waals surface area contributed by atoms with E-state index in [0.29, 0.717) is 41.0 Å². The summed E-state index contributed by atoms with van der Waals surface area (Å²) in [6.07, 6.45) is 10.9. The first-order valence-corrected chi connectivity index (χ1v) is 14.4. The predicted molar refractivity (Wildman–Crippen MR) is 136 cm³/mol. The van der Waals surface area contributed by atoms with E-state index in [4.69, 9.17) is 5.10 Å². The number of fused-ring (bicyclic) bond motifs is 2. The summed E-state index contributed by atoms with van der Waals surface area (Å²) in [6, 6.07) is 7.55. The molecule has 2 aromatic heterocycles. The van der Waals surface area contributed by atoms with Crippen molar-refractivity contribution in [3.63, 3.8) is 0 Å². The number of H-pyrrole nitrogens is 1. The SMILES string of the molecule is C[C@H]1CCCC[C@@H]1n1nc(Nc2ccc3c(c2)CN(CC2CCCC2)S3(=O)=O)c2c(=O)[nH]ccc21. The molecule has 2 saturated carbocycles. The van der Waals surface area contributed by atoms with Crippen LogP contribution in [0.3, 0.4) is 0 Å². The quantitative estimate of drug-likeness (QED) is 0.524. The number of sulfonamides is 1. The lowest BCUT2D eigenvalue weighted by molar-refractivity contribution is 0.246. The van der Waals surface area contributed by atoms with Crippen molar-refractivity contribution in [3.05, 3.63) is 46.4 Å². The van der Waals surface area contributed by atoms with Crippen LogP contribution in [-0.4, -0.2) is 34.0 Å². The second-order valence-electron chi connectivity index (χ2n) is 10.6. The van der Waals surface area contributed by atoms with Gasteiger partial charge in [0.25, 0.3) is 5.56 Å². The van der Waals surface area contributed by atoms with E-state index in [1.807, 2.05) is 16.8 Å². The van der Waals surface area contributed by atoms with Gasteiger partial charge in [0, 0.05) is 25.0 Å². The third kappa shape index (κ3) is 3.98. The Kier molecular flexibility index (Phi) is 5.72. The lowest BCUT2D eigenvalue weighted by Gasteiger charge is -2.29. The minimum Gasteiger partial charge on any atom is -0.338 e. The third-order valence-corrected chi connectivity index (χ3v) is 10.1. The van der Waals surface area contributed by atoms with Crippen LogP contribution in [0.25, 0.3) is 10.9 Å². The third-order valence-electron chi connectivity index (χ3n) is 8.23. The highest BCUT2D eigenvalue weighted by molar-refractivity contribution is 7.89. The molecule has 3 aliphatic rings. The van der Waals surface area contributed by atoms with Gasteiger partial charge in [0.15, 0.2) is 5.82 Å². The number of hydrogen-bond donors (Lipinski definition) is 2. The molecule has 0 spiro atoms. The molecule has 1 aliphatic heterocycles. The fourth-order valence-electron chi connectivity index (χ4n) is 6.33. The van der Waals surface area contributed by atoms with Crippen LogP contribution in [0, 0.1) is 11.8 Å². The molecule has 3 aromatic rings. The molecule has 9 heteroatoms. The fourth-order valence-corrected chi connectivity index (χ4v) is 8.02. The summed E-state index contributed by atoms with van der Waals surface area (Å²) in [5.74, 6) is 1.47. The summed E-state index contributed by atoms with van der Waals surface area (Å²) in [7, 11) is -3.45. The van der Waals surface area contributed by atoms with E-state index in [1.54, 1.807) is 22.6 Å². The van der Waals surface area contributed by atoms with Gasteiger partial charge in [0.1, 0.15) is 5.39 Å². The van der Waals surface area contributed by atoms with Crippen LogP contribution in [0.5, 0.6) is 0 Å². The molecule has 1 aromatic carbocycles. The van der Waals surface area contributed by atoms with E-state index in [0.717, 1.165) is 42.5 Å². The maximum Gasteiger partial charge on any atom is 0.261 e. The molecule has 8 nitrogen and oxygen atoms in total. The second kappa shape index (κ2) is 8.78. The summed E-state index contributed by atoms with van der Waals surface area (Å²) in [6.45, 7) is 3.26. The van der Waals surface area contributed by atoms with Crippen LogP contribution in [0.2, 0.25) is 0 Å². The summed E-state index contributed by atoms with van der Waals surface area (Å²) in [5.41, 5.74) is 2.20. The monoisotopic (exact) mass is 495 g/mol. The Labute approximate surface area is 205 Å². The van der Waals surface area contributed by atoms with E-state index >= 15 is 0 Å². The molecule has 3 heterocycles. The topological polar surface area (TPSA) is 100 Å². The molecule has 0 radical (unpaired) electrons. The number of rotatable bonds is 5. The molecule has 6 rings (SSSR count). The molecular formula is C26H33N5O3S. The van der Waals surface area contributed by atoms with Gasteiger partial charge in [0.2, 0.25) is 10.0 Å². The smallest absolute Gasteiger partial charge is 0.261 e.